The van der Waals surface area contributed by atoms with Gasteiger partial charge in [0, 0.05) is 36.7 Å². The summed E-state index contributed by atoms with van der Waals surface area (Å²) in [6, 6.07) is 7.66. The zero-order chi connectivity index (χ0) is 31.4. The fourth-order valence-electron chi connectivity index (χ4n) is 4.74. The third kappa shape index (κ3) is 7.27. The van der Waals surface area contributed by atoms with Crippen molar-refractivity contribution in [2.24, 2.45) is 7.05 Å². The molecule has 230 valence electrons. The Kier molecular flexibility index (Phi) is 9.04. The van der Waals surface area contributed by atoms with Gasteiger partial charge in [0.25, 0.3) is 0 Å². The highest BCUT2D eigenvalue weighted by Gasteiger charge is 2.27. The number of hydrogen-bond donors (Lipinski definition) is 2. The number of carbonyl (C=O) groups excluding carboxylic acids is 1. The Morgan fingerprint density at radius 1 is 1.30 bits per heavy atom. The summed E-state index contributed by atoms with van der Waals surface area (Å²) in [5.41, 5.74) is 1.96. The van der Waals surface area contributed by atoms with Crippen molar-refractivity contribution in [2.75, 3.05) is 44.5 Å². The van der Waals surface area contributed by atoms with Gasteiger partial charge < -0.3 is 39.3 Å². The SMILES string of the molecule is Cn1cnc([N+](=O)[O-])c1C[N+](C)(C)C/C=C/C(=O)Nc1cc2c(Nc3ccc(F)c(Cl)c3)ncnc2cc1O[C@H]1CCOC1. The van der Waals surface area contributed by atoms with Crippen molar-refractivity contribution in [2.45, 2.75) is 19.1 Å². The van der Waals surface area contributed by atoms with Crippen LogP contribution >= 0.6 is 11.6 Å². The molecule has 2 N–H and O–H groups in total. The minimum Gasteiger partial charge on any atom is -0.486 e. The van der Waals surface area contributed by atoms with Crippen LogP contribution in [0.4, 0.5) is 27.4 Å². The van der Waals surface area contributed by atoms with Crippen molar-refractivity contribution in [1.29, 1.82) is 0 Å². The Bertz CT molecular complexity index is 1740. The molecule has 0 bridgehead atoms. The highest BCUT2D eigenvalue weighted by atomic mass is 35.5. The molecule has 1 aliphatic rings. The number of aryl methyl sites for hydroxylation is 1. The van der Waals surface area contributed by atoms with E-state index < -0.39 is 16.6 Å². The first kappa shape index (κ1) is 30.8. The van der Waals surface area contributed by atoms with Gasteiger partial charge in [-0.05, 0) is 40.2 Å². The Morgan fingerprint density at radius 3 is 2.84 bits per heavy atom. The van der Waals surface area contributed by atoms with Gasteiger partial charge in [-0.15, -0.1) is 0 Å². The summed E-state index contributed by atoms with van der Waals surface area (Å²) >= 11 is 5.95. The maximum absolute atomic E-state index is 13.7. The maximum atomic E-state index is 13.7. The first-order chi connectivity index (χ1) is 21.0. The van der Waals surface area contributed by atoms with Crippen LogP contribution in [0, 0.1) is 15.9 Å². The highest BCUT2D eigenvalue weighted by molar-refractivity contribution is 6.31. The third-order valence-electron chi connectivity index (χ3n) is 7.02. The van der Waals surface area contributed by atoms with Gasteiger partial charge >= 0.3 is 5.82 Å². The predicted molar refractivity (Wildman–Crippen MR) is 162 cm³/mol. The Labute approximate surface area is 257 Å². The van der Waals surface area contributed by atoms with Crippen molar-refractivity contribution in [3.05, 3.63) is 81.8 Å². The lowest BCUT2D eigenvalue weighted by atomic mass is 10.1. The van der Waals surface area contributed by atoms with Crippen molar-refractivity contribution in [3.63, 3.8) is 0 Å². The van der Waals surface area contributed by atoms with Crippen LogP contribution in [0.1, 0.15) is 12.1 Å². The molecule has 1 fully saturated rings. The lowest BCUT2D eigenvalue weighted by molar-refractivity contribution is -0.898. The van der Waals surface area contributed by atoms with Crippen LogP contribution in [-0.4, -0.2) is 74.8 Å². The molecule has 0 radical (unpaired) electrons. The molecule has 2 aromatic carbocycles. The van der Waals surface area contributed by atoms with Gasteiger partial charge in [0.05, 0.1) is 50.1 Å². The standard InChI is InChI=1S/C29H30ClFN8O5/c1-37-17-34-29(38(41)42)25(37)14-39(2,3)9-4-5-27(40)36-24-12-20-23(13-26(24)44-19-8-10-43-15-19)32-16-33-28(20)35-18-6-7-22(31)21(30)11-18/h4-7,11-13,16-17,19H,8-10,14-15H2,1-3H3,(H-,32,33,35,36,40)/p+1/b5-4+/t19-/m0/s1. The van der Waals surface area contributed by atoms with E-state index >= 15 is 0 Å². The van der Waals surface area contributed by atoms with Crippen LogP contribution in [0.15, 0.2) is 55.1 Å². The lowest BCUT2D eigenvalue weighted by Gasteiger charge is -2.28. The van der Waals surface area contributed by atoms with Crippen molar-refractivity contribution in [3.8, 4) is 5.75 Å². The largest absolute Gasteiger partial charge is 0.486 e. The minimum atomic E-state index is -0.541. The van der Waals surface area contributed by atoms with Crippen LogP contribution in [0.5, 0.6) is 5.75 Å². The van der Waals surface area contributed by atoms with Gasteiger partial charge in [0.15, 0.2) is 5.69 Å². The van der Waals surface area contributed by atoms with E-state index in [1.165, 1.54) is 36.9 Å². The molecular formula is C29H31ClFN8O5+. The molecule has 0 spiro atoms. The number of nitro groups is 1. The molecule has 0 aliphatic carbocycles. The summed E-state index contributed by atoms with van der Waals surface area (Å²) in [4.78, 5) is 36.6. The summed E-state index contributed by atoms with van der Waals surface area (Å²) in [7, 11) is 5.52. The average Bonchev–Trinajstić information content (AvgIpc) is 3.61. The molecule has 4 aromatic rings. The highest BCUT2D eigenvalue weighted by Crippen LogP contribution is 2.35. The summed E-state index contributed by atoms with van der Waals surface area (Å²) in [6.07, 6.45) is 6.44. The number of aromatic nitrogens is 4. The smallest absolute Gasteiger partial charge is 0.390 e. The predicted octanol–water partition coefficient (Wildman–Crippen LogP) is 4.75. The summed E-state index contributed by atoms with van der Waals surface area (Å²) in [5, 5.41) is 17.9. The van der Waals surface area contributed by atoms with Crippen molar-refractivity contribution in [1.82, 2.24) is 19.5 Å². The lowest BCUT2D eigenvalue weighted by Crippen LogP contribution is -2.39. The van der Waals surface area contributed by atoms with E-state index in [-0.39, 0.29) is 16.9 Å². The summed E-state index contributed by atoms with van der Waals surface area (Å²) in [5.74, 6) is -0.287. The molecular weight excluding hydrogens is 595 g/mol. The average molecular weight is 626 g/mol. The molecule has 0 saturated carbocycles. The van der Waals surface area contributed by atoms with Gasteiger partial charge in [0.1, 0.15) is 36.4 Å². The summed E-state index contributed by atoms with van der Waals surface area (Å²) in [6.45, 7) is 1.75. The molecule has 15 heteroatoms. The van der Waals surface area contributed by atoms with E-state index in [1.54, 1.807) is 29.8 Å². The number of hydrogen-bond acceptors (Lipinski definition) is 9. The van der Waals surface area contributed by atoms with Crippen LogP contribution in [0.25, 0.3) is 10.9 Å². The number of fused-ring (bicyclic) bond motifs is 1. The van der Waals surface area contributed by atoms with E-state index in [0.29, 0.717) is 76.7 Å². The second kappa shape index (κ2) is 12.9. The number of ether oxygens (including phenoxy) is 2. The molecule has 1 atom stereocenters. The topological polar surface area (TPSA) is 146 Å². The van der Waals surface area contributed by atoms with E-state index in [4.69, 9.17) is 21.1 Å². The van der Waals surface area contributed by atoms with Gasteiger partial charge in [-0.3, -0.25) is 4.79 Å². The second-order valence-corrected chi connectivity index (χ2v) is 11.4. The Hall–Kier alpha value is -4.66. The third-order valence-corrected chi connectivity index (χ3v) is 7.30. The van der Waals surface area contributed by atoms with Crippen LogP contribution in [0.2, 0.25) is 5.02 Å². The number of nitrogens with one attached hydrogen (secondary N) is 2. The van der Waals surface area contributed by atoms with Gasteiger partial charge in [-0.1, -0.05) is 11.6 Å². The minimum absolute atomic E-state index is 0.0390. The number of imidazole rings is 1. The van der Waals surface area contributed by atoms with Crippen LogP contribution in [0.3, 0.4) is 0 Å². The number of anilines is 3. The monoisotopic (exact) mass is 625 g/mol. The molecule has 2 aromatic heterocycles. The van der Waals surface area contributed by atoms with Crippen LogP contribution < -0.4 is 15.4 Å². The fourth-order valence-corrected chi connectivity index (χ4v) is 4.92. The number of nitrogens with zero attached hydrogens (tertiary/aromatic N) is 6. The summed E-state index contributed by atoms with van der Waals surface area (Å²) < 4.78 is 27.3. The number of benzene rings is 2. The van der Waals surface area contributed by atoms with Crippen LogP contribution in [-0.2, 0) is 23.1 Å². The van der Waals surface area contributed by atoms with E-state index in [1.807, 2.05) is 14.1 Å². The van der Waals surface area contributed by atoms with Gasteiger partial charge in [-0.2, -0.15) is 0 Å². The maximum Gasteiger partial charge on any atom is 0.390 e. The number of rotatable bonds is 11. The quantitative estimate of drug-likeness (QED) is 0.104. The molecule has 44 heavy (non-hydrogen) atoms. The van der Waals surface area contributed by atoms with E-state index in [0.717, 1.165) is 0 Å². The number of amides is 1. The van der Waals surface area contributed by atoms with Crippen molar-refractivity contribution < 1.29 is 28.1 Å². The van der Waals surface area contributed by atoms with E-state index in [9.17, 15) is 19.3 Å². The molecule has 1 aliphatic heterocycles. The molecule has 3 heterocycles. The van der Waals surface area contributed by atoms with Gasteiger partial charge in [-0.25, -0.2) is 14.4 Å². The molecule has 0 unspecified atom stereocenters. The van der Waals surface area contributed by atoms with Gasteiger partial charge in [0.2, 0.25) is 12.2 Å². The van der Waals surface area contributed by atoms with E-state index in [2.05, 4.69) is 25.6 Å². The molecule has 5 rings (SSSR count). The first-order valence-corrected chi connectivity index (χ1v) is 14.1. The Morgan fingerprint density at radius 2 is 2.11 bits per heavy atom. The number of quaternary nitrogens is 1. The molecule has 13 nitrogen and oxygen atoms in total. The molecule has 1 saturated heterocycles. The Balaban J connectivity index is 1.37. The number of halogens is 2. The van der Waals surface area contributed by atoms with Crippen molar-refractivity contribution >= 4 is 51.4 Å². The fraction of sp³-hybridized carbons (Fsp3) is 0.310. The second-order valence-electron chi connectivity index (χ2n) is 11.0. The first-order valence-electron chi connectivity index (χ1n) is 13.7. The number of carbonyl (C=O) groups is 1. The number of likely N-dealkylation sites (N-methyl/N-ethyl adjacent to an activating group) is 1. The normalized spacial score (nSPS) is 15.2. The zero-order valence-electron chi connectivity index (χ0n) is 24.3. The zero-order valence-corrected chi connectivity index (χ0v) is 25.0. The molecule has 1 amide bonds.